The molecule has 4 rings (SSSR count). The average molecular weight is 370 g/mol. The number of ether oxygens (including phenoxy) is 2. The Labute approximate surface area is 154 Å². The molecule has 1 saturated heterocycles. The van der Waals surface area contributed by atoms with Crippen LogP contribution in [0.2, 0.25) is 0 Å². The molecule has 2 aliphatic heterocycles. The molecule has 0 unspecified atom stereocenters. The number of aromatic amines is 1. The molecule has 27 heavy (non-hydrogen) atoms. The molecule has 1 amide bonds. The number of nitrogens with zero attached hydrogens (tertiary/aromatic N) is 1. The minimum absolute atomic E-state index is 0.0103. The number of nitrogens with one attached hydrogen (secondary N) is 1. The summed E-state index contributed by atoms with van der Waals surface area (Å²) in [4.78, 5) is 41.0. The van der Waals surface area contributed by atoms with Crippen LogP contribution in [-0.2, 0) is 4.79 Å². The molecule has 2 aliphatic rings. The van der Waals surface area contributed by atoms with Gasteiger partial charge in [-0.3, -0.25) is 14.4 Å². The van der Waals surface area contributed by atoms with E-state index in [0.717, 1.165) is 5.56 Å². The van der Waals surface area contributed by atoms with Gasteiger partial charge in [0.15, 0.2) is 16.9 Å². The van der Waals surface area contributed by atoms with Crippen LogP contribution < -0.4 is 14.9 Å². The summed E-state index contributed by atoms with van der Waals surface area (Å²) in [6.07, 6.45) is 1.38. The molecule has 1 aromatic heterocycles. The number of pyridine rings is 1. The predicted octanol–water partition coefficient (Wildman–Crippen LogP) is 1.35. The summed E-state index contributed by atoms with van der Waals surface area (Å²) < 4.78 is 10.7. The van der Waals surface area contributed by atoms with Gasteiger partial charge in [-0.2, -0.15) is 0 Å². The molecule has 0 radical (unpaired) electrons. The zero-order valence-corrected chi connectivity index (χ0v) is 14.6. The Morgan fingerprint density at radius 2 is 1.96 bits per heavy atom. The molecule has 0 bridgehead atoms. The van der Waals surface area contributed by atoms with Gasteiger partial charge in [0.05, 0.1) is 5.92 Å². The average Bonchev–Trinajstić information content (AvgIpc) is 3.27. The lowest BCUT2D eigenvalue weighted by atomic mass is 9.89. The van der Waals surface area contributed by atoms with Gasteiger partial charge in [-0.05, 0) is 24.6 Å². The molecule has 0 aliphatic carbocycles. The van der Waals surface area contributed by atoms with Crippen LogP contribution in [0.4, 0.5) is 0 Å². The summed E-state index contributed by atoms with van der Waals surface area (Å²) >= 11 is 0. The first kappa shape index (κ1) is 17.1. The van der Waals surface area contributed by atoms with Crippen LogP contribution in [0, 0.1) is 12.8 Å². The standard InChI is InChI=1S/C19H18N2O6/c1-10-4-15(22)12(6-20-10)18(23)21-7-13(14(8-21)19(24)25)11-2-3-16-17(5-11)27-9-26-16/h2-6,13-14H,7-9H2,1H3,(H,20,22)(H,24,25)/t13-,14+/m0/s1. The van der Waals surface area contributed by atoms with Crippen molar-refractivity contribution >= 4 is 11.9 Å². The Balaban J connectivity index is 1.63. The number of rotatable bonds is 3. The van der Waals surface area contributed by atoms with Gasteiger partial charge in [0.1, 0.15) is 5.56 Å². The van der Waals surface area contributed by atoms with Crippen molar-refractivity contribution in [2.45, 2.75) is 12.8 Å². The lowest BCUT2D eigenvalue weighted by Gasteiger charge is -2.16. The summed E-state index contributed by atoms with van der Waals surface area (Å²) in [5, 5.41) is 9.64. The number of carbonyl (C=O) groups is 2. The van der Waals surface area contributed by atoms with E-state index in [1.54, 1.807) is 25.1 Å². The molecule has 2 aromatic rings. The predicted molar refractivity (Wildman–Crippen MR) is 94.1 cm³/mol. The highest BCUT2D eigenvalue weighted by atomic mass is 16.7. The zero-order chi connectivity index (χ0) is 19.1. The Hall–Kier alpha value is -3.29. The van der Waals surface area contributed by atoms with Gasteiger partial charge in [-0.1, -0.05) is 6.07 Å². The van der Waals surface area contributed by atoms with E-state index in [0.29, 0.717) is 17.2 Å². The van der Waals surface area contributed by atoms with Crippen molar-refractivity contribution in [1.29, 1.82) is 0 Å². The van der Waals surface area contributed by atoms with Crippen LogP contribution in [0.25, 0.3) is 0 Å². The van der Waals surface area contributed by atoms with E-state index in [4.69, 9.17) is 9.47 Å². The van der Waals surface area contributed by atoms with E-state index in [1.807, 2.05) is 0 Å². The Morgan fingerprint density at radius 3 is 2.70 bits per heavy atom. The van der Waals surface area contributed by atoms with Crippen molar-refractivity contribution in [2.24, 2.45) is 5.92 Å². The summed E-state index contributed by atoms with van der Waals surface area (Å²) in [5.74, 6) is -1.43. The fourth-order valence-corrected chi connectivity index (χ4v) is 3.61. The highest BCUT2D eigenvalue weighted by Gasteiger charge is 2.41. The number of aryl methyl sites for hydroxylation is 1. The lowest BCUT2D eigenvalue weighted by molar-refractivity contribution is -0.141. The Kier molecular flexibility index (Phi) is 4.10. The second-order valence-corrected chi connectivity index (χ2v) is 6.77. The van der Waals surface area contributed by atoms with Crippen LogP contribution in [0.5, 0.6) is 11.5 Å². The quantitative estimate of drug-likeness (QED) is 0.844. The van der Waals surface area contributed by atoms with Gasteiger partial charge in [-0.15, -0.1) is 0 Å². The second-order valence-electron chi connectivity index (χ2n) is 6.77. The summed E-state index contributed by atoms with van der Waals surface area (Å²) in [6, 6.07) is 6.65. The number of hydrogen-bond acceptors (Lipinski definition) is 5. The Morgan fingerprint density at radius 1 is 1.19 bits per heavy atom. The monoisotopic (exact) mass is 370 g/mol. The number of aromatic nitrogens is 1. The minimum atomic E-state index is -0.981. The van der Waals surface area contributed by atoms with Crippen LogP contribution in [-0.4, -0.2) is 46.7 Å². The van der Waals surface area contributed by atoms with Gasteiger partial charge in [0.2, 0.25) is 6.79 Å². The smallest absolute Gasteiger partial charge is 0.308 e. The molecule has 3 heterocycles. The van der Waals surface area contributed by atoms with E-state index < -0.39 is 23.7 Å². The second kappa shape index (κ2) is 6.46. The molecule has 2 N–H and O–H groups in total. The van der Waals surface area contributed by atoms with Crippen molar-refractivity contribution < 1.29 is 24.2 Å². The normalized spacial score (nSPS) is 20.7. The largest absolute Gasteiger partial charge is 0.481 e. The fraction of sp³-hybridized carbons (Fsp3) is 0.316. The highest BCUT2D eigenvalue weighted by molar-refractivity contribution is 5.94. The molecule has 2 atom stereocenters. The molecule has 1 fully saturated rings. The number of fused-ring (bicyclic) bond motifs is 1. The highest BCUT2D eigenvalue weighted by Crippen LogP contribution is 2.39. The third-order valence-electron chi connectivity index (χ3n) is 5.04. The molecule has 8 heteroatoms. The molecule has 8 nitrogen and oxygen atoms in total. The number of carbonyl (C=O) groups excluding carboxylic acids is 1. The first-order valence-electron chi connectivity index (χ1n) is 8.55. The van der Waals surface area contributed by atoms with Crippen molar-refractivity contribution in [2.75, 3.05) is 19.9 Å². The minimum Gasteiger partial charge on any atom is -0.481 e. The summed E-state index contributed by atoms with van der Waals surface area (Å²) in [5.41, 5.74) is 1.05. The third-order valence-corrected chi connectivity index (χ3v) is 5.04. The number of amides is 1. The first-order chi connectivity index (χ1) is 12.9. The van der Waals surface area contributed by atoms with E-state index in [9.17, 15) is 19.5 Å². The van der Waals surface area contributed by atoms with Gasteiger partial charge in [0, 0.05) is 37.0 Å². The van der Waals surface area contributed by atoms with Gasteiger partial charge in [0.25, 0.3) is 5.91 Å². The van der Waals surface area contributed by atoms with Crippen molar-refractivity contribution in [3.05, 3.63) is 57.5 Å². The maximum atomic E-state index is 12.8. The number of hydrogen-bond donors (Lipinski definition) is 2. The van der Waals surface area contributed by atoms with Crippen LogP contribution in [0.3, 0.4) is 0 Å². The number of carboxylic acids is 1. The number of aliphatic carboxylic acids is 1. The van der Waals surface area contributed by atoms with Crippen molar-refractivity contribution in [3.8, 4) is 11.5 Å². The maximum absolute atomic E-state index is 12.8. The number of likely N-dealkylation sites (tertiary alicyclic amines) is 1. The van der Waals surface area contributed by atoms with Crippen LogP contribution >= 0.6 is 0 Å². The van der Waals surface area contributed by atoms with Crippen molar-refractivity contribution in [3.63, 3.8) is 0 Å². The summed E-state index contributed by atoms with van der Waals surface area (Å²) in [6.45, 7) is 2.11. The van der Waals surface area contributed by atoms with E-state index >= 15 is 0 Å². The maximum Gasteiger partial charge on any atom is 0.308 e. The van der Waals surface area contributed by atoms with E-state index in [-0.39, 0.29) is 30.9 Å². The molecule has 140 valence electrons. The van der Waals surface area contributed by atoms with Crippen LogP contribution in [0.1, 0.15) is 27.5 Å². The lowest BCUT2D eigenvalue weighted by Crippen LogP contribution is -2.33. The van der Waals surface area contributed by atoms with Crippen LogP contribution in [0.15, 0.2) is 35.3 Å². The Bertz CT molecular complexity index is 982. The zero-order valence-electron chi connectivity index (χ0n) is 14.6. The topological polar surface area (TPSA) is 109 Å². The third kappa shape index (κ3) is 3.03. The van der Waals surface area contributed by atoms with Gasteiger partial charge >= 0.3 is 5.97 Å². The van der Waals surface area contributed by atoms with E-state index in [1.165, 1.54) is 17.2 Å². The number of benzene rings is 1. The van der Waals surface area contributed by atoms with Crippen molar-refractivity contribution in [1.82, 2.24) is 9.88 Å². The molecular weight excluding hydrogens is 352 g/mol. The van der Waals surface area contributed by atoms with E-state index in [2.05, 4.69) is 4.98 Å². The number of H-pyrrole nitrogens is 1. The molecule has 0 spiro atoms. The van der Waals surface area contributed by atoms with Gasteiger partial charge < -0.3 is 24.5 Å². The molecule has 0 saturated carbocycles. The number of carboxylic acid groups (broad SMARTS) is 1. The first-order valence-corrected chi connectivity index (χ1v) is 8.55. The summed E-state index contributed by atoms with van der Waals surface area (Å²) in [7, 11) is 0. The van der Waals surface area contributed by atoms with Gasteiger partial charge in [-0.25, -0.2) is 0 Å². The molecule has 1 aromatic carbocycles. The fourth-order valence-electron chi connectivity index (χ4n) is 3.61. The SMILES string of the molecule is Cc1cc(=O)c(C(=O)N2C[C@@H](C(=O)O)[C@H](c3ccc4c(c3)OCO4)C2)c[nH]1. The molecular formula is C19H18N2O6.